The Morgan fingerprint density at radius 2 is 2.17 bits per heavy atom. The summed E-state index contributed by atoms with van der Waals surface area (Å²) in [6.45, 7) is 7.82. The smallest absolute Gasteiger partial charge is 0.187 e. The van der Waals surface area contributed by atoms with E-state index in [0.717, 1.165) is 61.6 Å². The third-order valence-corrected chi connectivity index (χ3v) is 4.48. The number of thiocarbonyl (C=S) groups is 1. The van der Waals surface area contributed by atoms with Gasteiger partial charge in [-0.05, 0) is 36.3 Å². The predicted octanol–water partition coefficient (Wildman–Crippen LogP) is 0.942. The van der Waals surface area contributed by atoms with Crippen molar-refractivity contribution < 1.29 is 9.64 Å². The van der Waals surface area contributed by atoms with Gasteiger partial charge < -0.3 is 15.0 Å². The van der Waals surface area contributed by atoms with Gasteiger partial charge in [0, 0.05) is 4.47 Å². The van der Waals surface area contributed by atoms with E-state index in [9.17, 15) is 0 Å². The number of hydrogen-bond acceptors (Lipinski definition) is 3. The molecule has 1 aliphatic rings. The van der Waals surface area contributed by atoms with Gasteiger partial charge in [0.1, 0.15) is 13.1 Å². The molecule has 126 valence electrons. The van der Waals surface area contributed by atoms with Gasteiger partial charge in [0.15, 0.2) is 5.11 Å². The summed E-state index contributed by atoms with van der Waals surface area (Å²) in [4.78, 5) is 1.55. The number of rotatable bonds is 6. The SMILES string of the molecule is CC/C(=N/NC(=S)NCC[NH+]1CCOCC1)c1cccc(Br)c1. The van der Waals surface area contributed by atoms with Gasteiger partial charge in [0.25, 0.3) is 0 Å². The van der Waals surface area contributed by atoms with Crippen molar-refractivity contribution in [2.75, 3.05) is 39.4 Å². The number of benzene rings is 1. The number of halogens is 1. The van der Waals surface area contributed by atoms with Crippen molar-refractivity contribution >= 4 is 39.0 Å². The van der Waals surface area contributed by atoms with Crippen LogP contribution in [0.3, 0.4) is 0 Å². The van der Waals surface area contributed by atoms with Crippen molar-refractivity contribution in [3.05, 3.63) is 34.3 Å². The number of hydrogen-bond donors (Lipinski definition) is 3. The largest absolute Gasteiger partial charge is 0.370 e. The Labute approximate surface area is 151 Å². The summed E-state index contributed by atoms with van der Waals surface area (Å²) in [6, 6.07) is 8.12. The van der Waals surface area contributed by atoms with Crippen LogP contribution in [0.25, 0.3) is 0 Å². The minimum atomic E-state index is 0.568. The molecule has 0 unspecified atom stereocenters. The average molecular weight is 400 g/mol. The van der Waals surface area contributed by atoms with Gasteiger partial charge in [0.05, 0.1) is 32.0 Å². The molecule has 1 aliphatic heterocycles. The first-order valence-electron chi connectivity index (χ1n) is 7.96. The lowest BCUT2D eigenvalue weighted by Crippen LogP contribution is -3.14. The van der Waals surface area contributed by atoms with Gasteiger partial charge in [-0.25, -0.2) is 0 Å². The highest BCUT2D eigenvalue weighted by molar-refractivity contribution is 9.10. The van der Waals surface area contributed by atoms with E-state index in [1.54, 1.807) is 4.90 Å². The summed E-state index contributed by atoms with van der Waals surface area (Å²) >= 11 is 8.78. The highest BCUT2D eigenvalue weighted by Gasteiger charge is 2.12. The summed E-state index contributed by atoms with van der Waals surface area (Å²) in [5.74, 6) is 0. The zero-order valence-corrected chi connectivity index (χ0v) is 15.8. The van der Waals surface area contributed by atoms with Crippen molar-refractivity contribution in [2.45, 2.75) is 13.3 Å². The summed E-state index contributed by atoms with van der Waals surface area (Å²) in [6.07, 6.45) is 0.837. The van der Waals surface area contributed by atoms with E-state index in [1.807, 2.05) is 18.2 Å². The van der Waals surface area contributed by atoms with E-state index in [4.69, 9.17) is 17.0 Å². The minimum absolute atomic E-state index is 0.568. The molecule has 1 aromatic rings. The molecule has 3 N–H and O–H groups in total. The third-order valence-electron chi connectivity index (χ3n) is 3.75. The Morgan fingerprint density at radius 1 is 1.39 bits per heavy atom. The predicted molar refractivity (Wildman–Crippen MR) is 101 cm³/mol. The van der Waals surface area contributed by atoms with Crippen LogP contribution in [0.1, 0.15) is 18.9 Å². The average Bonchev–Trinajstić information content (AvgIpc) is 2.56. The molecule has 1 saturated heterocycles. The first-order chi connectivity index (χ1) is 11.2. The highest BCUT2D eigenvalue weighted by atomic mass is 79.9. The lowest BCUT2D eigenvalue weighted by atomic mass is 10.1. The lowest BCUT2D eigenvalue weighted by molar-refractivity contribution is -0.906. The molecule has 0 amide bonds. The molecule has 1 heterocycles. The second kappa shape index (κ2) is 9.97. The van der Waals surface area contributed by atoms with E-state index in [2.05, 4.69) is 44.8 Å². The summed E-state index contributed by atoms with van der Waals surface area (Å²) < 4.78 is 6.40. The van der Waals surface area contributed by atoms with Gasteiger partial charge >= 0.3 is 0 Å². The Bertz CT molecular complexity index is 547. The zero-order chi connectivity index (χ0) is 16.5. The van der Waals surface area contributed by atoms with E-state index in [1.165, 1.54) is 0 Å². The zero-order valence-electron chi connectivity index (χ0n) is 13.4. The van der Waals surface area contributed by atoms with Crippen LogP contribution < -0.4 is 15.6 Å². The van der Waals surface area contributed by atoms with Crippen molar-refractivity contribution in [1.29, 1.82) is 0 Å². The van der Waals surface area contributed by atoms with Crippen LogP contribution in [0.2, 0.25) is 0 Å². The molecule has 0 aliphatic carbocycles. The molecular weight excluding hydrogens is 376 g/mol. The molecule has 7 heteroatoms. The van der Waals surface area contributed by atoms with E-state index in [0.29, 0.717) is 5.11 Å². The van der Waals surface area contributed by atoms with Crippen LogP contribution in [0.15, 0.2) is 33.8 Å². The maximum absolute atomic E-state index is 5.35. The van der Waals surface area contributed by atoms with E-state index >= 15 is 0 Å². The number of hydrazone groups is 1. The van der Waals surface area contributed by atoms with Crippen LogP contribution in [-0.2, 0) is 4.74 Å². The first-order valence-corrected chi connectivity index (χ1v) is 9.17. The Balaban J connectivity index is 1.77. The molecule has 0 atom stereocenters. The quantitative estimate of drug-likeness (QED) is 0.378. The molecule has 5 nitrogen and oxygen atoms in total. The van der Waals surface area contributed by atoms with Crippen molar-refractivity contribution in [3.63, 3.8) is 0 Å². The number of quaternary nitrogens is 1. The minimum Gasteiger partial charge on any atom is -0.370 e. The molecule has 23 heavy (non-hydrogen) atoms. The first kappa shape index (κ1) is 18.3. The fraction of sp³-hybridized carbons (Fsp3) is 0.500. The van der Waals surface area contributed by atoms with Gasteiger partial charge in [-0.3, -0.25) is 5.43 Å². The number of morpholine rings is 1. The second-order valence-electron chi connectivity index (χ2n) is 5.40. The molecule has 0 aromatic heterocycles. The molecule has 0 spiro atoms. The van der Waals surface area contributed by atoms with Gasteiger partial charge in [-0.15, -0.1) is 0 Å². The second-order valence-corrected chi connectivity index (χ2v) is 6.73. The maximum atomic E-state index is 5.35. The molecule has 1 aromatic carbocycles. The summed E-state index contributed by atoms with van der Waals surface area (Å²) in [5, 5.41) is 8.22. The van der Waals surface area contributed by atoms with Crippen LogP contribution in [0.4, 0.5) is 0 Å². The third kappa shape index (κ3) is 6.55. The number of nitrogens with one attached hydrogen (secondary N) is 3. The summed E-state index contributed by atoms with van der Waals surface area (Å²) in [5.41, 5.74) is 5.02. The van der Waals surface area contributed by atoms with Gasteiger partial charge in [-0.2, -0.15) is 5.10 Å². The Morgan fingerprint density at radius 3 is 2.87 bits per heavy atom. The Hall–Kier alpha value is -1.02. The molecule has 0 saturated carbocycles. The van der Waals surface area contributed by atoms with Crippen LogP contribution in [0.5, 0.6) is 0 Å². The van der Waals surface area contributed by atoms with Crippen molar-refractivity contribution in [3.8, 4) is 0 Å². The monoisotopic (exact) mass is 399 g/mol. The fourth-order valence-corrected chi connectivity index (χ4v) is 2.98. The Kier molecular flexibility index (Phi) is 7.94. The number of ether oxygens (including phenoxy) is 1. The normalized spacial score (nSPS) is 16.2. The standard InChI is InChI=1S/C16H23BrN4OS/c1-2-15(13-4-3-5-14(17)12-13)19-20-16(23)18-6-7-21-8-10-22-11-9-21/h3-5,12H,2,6-11H2,1H3,(H2,18,20,23)/p+1/b19-15-. The topological polar surface area (TPSA) is 50.1 Å². The molecule has 0 bridgehead atoms. The van der Waals surface area contributed by atoms with E-state index < -0.39 is 0 Å². The van der Waals surface area contributed by atoms with Crippen LogP contribution >= 0.6 is 28.1 Å². The maximum Gasteiger partial charge on any atom is 0.187 e. The van der Waals surface area contributed by atoms with Gasteiger partial charge in [-0.1, -0.05) is 35.0 Å². The van der Waals surface area contributed by atoms with Crippen LogP contribution in [-0.4, -0.2) is 50.2 Å². The van der Waals surface area contributed by atoms with Gasteiger partial charge in [0.2, 0.25) is 0 Å². The fourth-order valence-electron chi connectivity index (χ4n) is 2.44. The van der Waals surface area contributed by atoms with Crippen molar-refractivity contribution in [2.24, 2.45) is 5.10 Å². The van der Waals surface area contributed by atoms with Crippen LogP contribution in [0, 0.1) is 0 Å². The van der Waals surface area contributed by atoms with Crippen molar-refractivity contribution in [1.82, 2.24) is 10.7 Å². The molecule has 1 fully saturated rings. The molecule has 0 radical (unpaired) electrons. The lowest BCUT2D eigenvalue weighted by Gasteiger charge is -2.23. The molecule has 2 rings (SSSR count). The molecular formula is C16H24BrN4OS+. The number of nitrogens with zero attached hydrogens (tertiary/aromatic N) is 1. The summed E-state index contributed by atoms with van der Waals surface area (Å²) in [7, 11) is 0. The highest BCUT2D eigenvalue weighted by Crippen LogP contribution is 2.13. The van der Waals surface area contributed by atoms with E-state index in [-0.39, 0.29) is 0 Å².